The van der Waals surface area contributed by atoms with Crippen molar-refractivity contribution >= 4 is 29.1 Å². The van der Waals surface area contributed by atoms with E-state index in [1.54, 1.807) is 6.92 Å². The lowest BCUT2D eigenvalue weighted by Gasteiger charge is -2.07. The molecule has 0 aliphatic heterocycles. The first-order valence-electron chi connectivity index (χ1n) is 5.01. The maximum Gasteiger partial charge on any atom is 0.325 e. The van der Waals surface area contributed by atoms with Crippen LogP contribution in [-0.2, 0) is 0 Å². The topological polar surface area (TPSA) is 67.2 Å². The van der Waals surface area contributed by atoms with Gasteiger partial charge >= 0.3 is 6.03 Å². The average molecular weight is 270 g/mol. The van der Waals surface area contributed by atoms with Gasteiger partial charge in [-0.25, -0.2) is 9.18 Å². The summed E-state index contributed by atoms with van der Waals surface area (Å²) in [6.45, 7) is 1.68. The quantitative estimate of drug-likeness (QED) is 0.878. The smallest absolute Gasteiger partial charge is 0.325 e. The maximum absolute atomic E-state index is 13.4. The van der Waals surface area contributed by atoms with Crippen LogP contribution in [0.4, 0.5) is 20.7 Å². The third-order valence-electron chi connectivity index (χ3n) is 2.07. The predicted octanol–water partition coefficient (Wildman–Crippen LogP) is 3.42. The summed E-state index contributed by atoms with van der Waals surface area (Å²) in [5.41, 5.74) is -0.0862. The zero-order chi connectivity index (χ0) is 13.1. The Balaban J connectivity index is 2.08. The Kier molecular flexibility index (Phi) is 3.47. The molecule has 18 heavy (non-hydrogen) atoms. The van der Waals surface area contributed by atoms with Crippen molar-refractivity contribution in [3.8, 4) is 0 Å². The highest BCUT2D eigenvalue weighted by Gasteiger charge is 2.11. The van der Waals surface area contributed by atoms with Crippen molar-refractivity contribution < 1.29 is 13.7 Å². The van der Waals surface area contributed by atoms with Gasteiger partial charge in [0.1, 0.15) is 11.6 Å². The summed E-state index contributed by atoms with van der Waals surface area (Å²) in [4.78, 5) is 11.6. The number of aromatic nitrogens is 1. The number of para-hydroxylation sites is 1. The van der Waals surface area contributed by atoms with Crippen LogP contribution >= 0.6 is 11.6 Å². The molecule has 0 aliphatic carbocycles. The Hall–Kier alpha value is -2.08. The third kappa shape index (κ3) is 2.78. The zero-order valence-corrected chi connectivity index (χ0v) is 10.1. The Morgan fingerprint density at radius 2 is 2.22 bits per heavy atom. The number of carbonyl (C=O) groups is 1. The van der Waals surface area contributed by atoms with E-state index < -0.39 is 11.8 Å². The van der Waals surface area contributed by atoms with E-state index in [0.29, 0.717) is 5.76 Å². The van der Waals surface area contributed by atoms with Crippen molar-refractivity contribution in [1.82, 2.24) is 5.16 Å². The molecule has 0 spiro atoms. The molecule has 7 heteroatoms. The van der Waals surface area contributed by atoms with E-state index in [0.717, 1.165) is 0 Å². The van der Waals surface area contributed by atoms with Crippen LogP contribution in [0, 0.1) is 12.7 Å². The second kappa shape index (κ2) is 5.05. The monoisotopic (exact) mass is 269 g/mol. The summed E-state index contributed by atoms with van der Waals surface area (Å²) in [6, 6.07) is 4.99. The summed E-state index contributed by atoms with van der Waals surface area (Å²) < 4.78 is 18.2. The highest BCUT2D eigenvalue weighted by molar-refractivity contribution is 6.33. The number of rotatable bonds is 2. The average Bonchev–Trinajstić information content (AvgIpc) is 2.69. The summed E-state index contributed by atoms with van der Waals surface area (Å²) >= 11 is 5.76. The van der Waals surface area contributed by atoms with Gasteiger partial charge in [0.15, 0.2) is 5.82 Å². The largest absolute Gasteiger partial charge is 0.360 e. The number of halogens is 2. The van der Waals surface area contributed by atoms with Crippen LogP contribution in [0.2, 0.25) is 5.02 Å². The van der Waals surface area contributed by atoms with Crippen LogP contribution in [0.25, 0.3) is 0 Å². The molecule has 94 valence electrons. The number of anilines is 2. The lowest BCUT2D eigenvalue weighted by atomic mass is 10.3. The molecule has 2 aromatic rings. The maximum atomic E-state index is 13.4. The molecule has 0 saturated heterocycles. The SMILES string of the molecule is Cc1cc(NC(=O)Nc2c(F)cccc2Cl)no1. The minimum absolute atomic E-state index is 0.0862. The summed E-state index contributed by atoms with van der Waals surface area (Å²) in [5.74, 6) is 0.167. The van der Waals surface area contributed by atoms with E-state index in [4.69, 9.17) is 16.1 Å². The molecule has 0 aliphatic rings. The summed E-state index contributed by atoms with van der Waals surface area (Å²) in [6.07, 6.45) is 0. The molecule has 1 aromatic carbocycles. The van der Waals surface area contributed by atoms with Gasteiger partial charge in [-0.1, -0.05) is 22.8 Å². The fourth-order valence-corrected chi connectivity index (χ4v) is 1.51. The van der Waals surface area contributed by atoms with Gasteiger partial charge in [-0.15, -0.1) is 0 Å². The van der Waals surface area contributed by atoms with E-state index in [-0.39, 0.29) is 16.5 Å². The van der Waals surface area contributed by atoms with Gasteiger partial charge in [0.2, 0.25) is 0 Å². The van der Waals surface area contributed by atoms with Crippen LogP contribution in [-0.4, -0.2) is 11.2 Å². The van der Waals surface area contributed by atoms with Gasteiger partial charge in [-0.3, -0.25) is 5.32 Å². The molecular formula is C11H9ClFN3O2. The fraction of sp³-hybridized carbons (Fsp3) is 0.0909. The minimum Gasteiger partial charge on any atom is -0.360 e. The molecule has 2 rings (SSSR count). The molecule has 1 aromatic heterocycles. The molecule has 0 unspecified atom stereocenters. The molecule has 0 saturated carbocycles. The van der Waals surface area contributed by atoms with Crippen LogP contribution < -0.4 is 10.6 Å². The number of carbonyl (C=O) groups excluding carboxylic acids is 1. The van der Waals surface area contributed by atoms with E-state index in [1.807, 2.05) is 0 Å². The molecule has 0 atom stereocenters. The van der Waals surface area contributed by atoms with Gasteiger partial charge in [0.25, 0.3) is 0 Å². The summed E-state index contributed by atoms with van der Waals surface area (Å²) in [7, 11) is 0. The summed E-state index contributed by atoms with van der Waals surface area (Å²) in [5, 5.41) is 8.36. The number of hydrogen-bond donors (Lipinski definition) is 2. The molecule has 1 heterocycles. The normalized spacial score (nSPS) is 10.2. The lowest BCUT2D eigenvalue weighted by Crippen LogP contribution is -2.20. The number of hydrogen-bond acceptors (Lipinski definition) is 3. The van der Waals surface area contributed by atoms with E-state index >= 15 is 0 Å². The number of urea groups is 1. The standard InChI is InChI=1S/C11H9ClFN3O2/c1-6-5-9(16-18-6)14-11(17)15-10-7(12)3-2-4-8(10)13/h2-5H,1H3,(H2,14,15,16,17). The first kappa shape index (κ1) is 12.4. The van der Waals surface area contributed by atoms with Gasteiger partial charge in [0.05, 0.1) is 10.7 Å². The third-order valence-corrected chi connectivity index (χ3v) is 2.39. The predicted molar refractivity (Wildman–Crippen MR) is 65.3 cm³/mol. The lowest BCUT2D eigenvalue weighted by molar-refractivity contribution is 0.261. The molecule has 5 nitrogen and oxygen atoms in total. The van der Waals surface area contributed by atoms with E-state index in [2.05, 4.69) is 15.8 Å². The van der Waals surface area contributed by atoms with Crippen molar-refractivity contribution in [2.45, 2.75) is 6.92 Å². The Morgan fingerprint density at radius 1 is 1.44 bits per heavy atom. The van der Waals surface area contributed by atoms with E-state index in [1.165, 1.54) is 24.3 Å². The van der Waals surface area contributed by atoms with Crippen molar-refractivity contribution in [3.63, 3.8) is 0 Å². The van der Waals surface area contributed by atoms with E-state index in [9.17, 15) is 9.18 Å². The number of amides is 2. The molecule has 2 N–H and O–H groups in total. The van der Waals surface area contributed by atoms with Gasteiger partial charge < -0.3 is 9.84 Å². The van der Waals surface area contributed by atoms with Gasteiger partial charge in [-0.2, -0.15) is 0 Å². The molecular weight excluding hydrogens is 261 g/mol. The van der Waals surface area contributed by atoms with Crippen molar-refractivity contribution in [1.29, 1.82) is 0 Å². The fourth-order valence-electron chi connectivity index (χ4n) is 1.30. The second-order valence-electron chi connectivity index (χ2n) is 3.50. The second-order valence-corrected chi connectivity index (χ2v) is 3.91. The minimum atomic E-state index is -0.657. The number of aryl methyl sites for hydroxylation is 1. The molecule has 0 radical (unpaired) electrons. The Labute approximate surface area is 107 Å². The number of nitrogens with zero attached hydrogens (tertiary/aromatic N) is 1. The van der Waals surface area contributed by atoms with Gasteiger partial charge in [-0.05, 0) is 19.1 Å². The van der Waals surface area contributed by atoms with Crippen LogP contribution in [0.3, 0.4) is 0 Å². The van der Waals surface area contributed by atoms with Crippen molar-refractivity contribution in [3.05, 3.63) is 40.9 Å². The highest BCUT2D eigenvalue weighted by atomic mass is 35.5. The molecule has 2 amide bonds. The number of nitrogens with one attached hydrogen (secondary N) is 2. The number of benzene rings is 1. The Morgan fingerprint density at radius 3 is 2.83 bits per heavy atom. The van der Waals surface area contributed by atoms with Crippen LogP contribution in [0.15, 0.2) is 28.8 Å². The first-order valence-corrected chi connectivity index (χ1v) is 5.39. The zero-order valence-electron chi connectivity index (χ0n) is 9.33. The first-order chi connectivity index (χ1) is 8.56. The van der Waals surface area contributed by atoms with Crippen LogP contribution in [0.1, 0.15) is 5.76 Å². The molecule has 0 fully saturated rings. The highest BCUT2D eigenvalue weighted by Crippen LogP contribution is 2.24. The Bertz CT molecular complexity index is 565. The van der Waals surface area contributed by atoms with Crippen LogP contribution in [0.5, 0.6) is 0 Å². The van der Waals surface area contributed by atoms with Gasteiger partial charge in [0, 0.05) is 6.07 Å². The van der Waals surface area contributed by atoms with Crippen molar-refractivity contribution in [2.75, 3.05) is 10.6 Å². The molecule has 0 bridgehead atoms. The van der Waals surface area contributed by atoms with Crippen molar-refractivity contribution in [2.24, 2.45) is 0 Å².